The van der Waals surface area contributed by atoms with Crippen LogP contribution in [0.25, 0.3) is 0 Å². The number of likely N-dealkylation sites (tertiary alicyclic amines) is 1. The summed E-state index contributed by atoms with van der Waals surface area (Å²) in [6, 6.07) is 3.09. The standard InChI is InChI=1S/C19H20ClN3O5/c1-11(17(25)22-15-7-6-12(20)10-21-15)28-16(24)8-9-23-18(26)13-4-2-3-5-14(13)19(23)27/h2-3,6-7,10-11,13-14H,4-5,8-9H2,1H3,(H,21,22,25)/t11-,13-,14+/m1/s1. The van der Waals surface area contributed by atoms with Gasteiger partial charge in [-0.3, -0.25) is 24.1 Å². The summed E-state index contributed by atoms with van der Waals surface area (Å²) in [5.74, 6) is -2.08. The molecule has 28 heavy (non-hydrogen) atoms. The van der Waals surface area contributed by atoms with Gasteiger partial charge < -0.3 is 10.1 Å². The number of anilines is 1. The second-order valence-electron chi connectivity index (χ2n) is 6.72. The first kappa shape index (κ1) is 20.0. The second kappa shape index (κ2) is 8.52. The normalized spacial score (nSPS) is 22.0. The van der Waals surface area contributed by atoms with E-state index in [1.54, 1.807) is 6.07 Å². The number of hydrogen-bond acceptors (Lipinski definition) is 6. The number of allylic oxidation sites excluding steroid dienone is 2. The van der Waals surface area contributed by atoms with Crippen molar-refractivity contribution >= 4 is 41.1 Å². The lowest BCUT2D eigenvalue weighted by Gasteiger charge is -2.16. The Morgan fingerprint density at radius 1 is 1.25 bits per heavy atom. The number of ether oxygens (including phenoxy) is 1. The van der Waals surface area contributed by atoms with Crippen LogP contribution in [0.15, 0.2) is 30.5 Å². The van der Waals surface area contributed by atoms with Crippen LogP contribution in [0.5, 0.6) is 0 Å². The van der Waals surface area contributed by atoms with Crippen LogP contribution in [0.1, 0.15) is 26.2 Å². The zero-order chi connectivity index (χ0) is 20.3. The minimum atomic E-state index is -1.05. The van der Waals surface area contributed by atoms with Crippen molar-refractivity contribution in [2.45, 2.75) is 32.3 Å². The average molecular weight is 406 g/mol. The Hall–Kier alpha value is -2.74. The molecule has 1 N–H and O–H groups in total. The molecule has 1 fully saturated rings. The number of amides is 3. The van der Waals surface area contributed by atoms with Gasteiger partial charge in [0, 0.05) is 12.7 Å². The Kier molecular flexibility index (Phi) is 6.08. The molecule has 2 aliphatic rings. The second-order valence-corrected chi connectivity index (χ2v) is 7.15. The molecular weight excluding hydrogens is 386 g/mol. The predicted molar refractivity (Wildman–Crippen MR) is 100 cm³/mol. The molecule has 0 saturated carbocycles. The predicted octanol–water partition coefficient (Wildman–Crippen LogP) is 1.95. The Morgan fingerprint density at radius 2 is 1.89 bits per heavy atom. The van der Waals surface area contributed by atoms with E-state index in [1.165, 1.54) is 19.2 Å². The summed E-state index contributed by atoms with van der Waals surface area (Å²) in [7, 11) is 0. The van der Waals surface area contributed by atoms with Crippen LogP contribution in [0.2, 0.25) is 5.02 Å². The molecule has 2 heterocycles. The maximum atomic E-state index is 12.4. The quantitative estimate of drug-likeness (QED) is 0.440. The summed E-state index contributed by atoms with van der Waals surface area (Å²) in [5.41, 5.74) is 0. The largest absolute Gasteiger partial charge is 0.452 e. The van der Waals surface area contributed by atoms with Gasteiger partial charge in [-0.15, -0.1) is 0 Å². The number of carbonyl (C=O) groups is 4. The molecule has 1 aliphatic carbocycles. The monoisotopic (exact) mass is 405 g/mol. The third kappa shape index (κ3) is 4.39. The van der Waals surface area contributed by atoms with Crippen molar-refractivity contribution in [3.05, 3.63) is 35.5 Å². The lowest BCUT2D eigenvalue weighted by atomic mass is 9.85. The van der Waals surface area contributed by atoms with Crippen molar-refractivity contribution in [3.8, 4) is 0 Å². The first-order valence-electron chi connectivity index (χ1n) is 8.99. The van der Waals surface area contributed by atoms with Crippen LogP contribution < -0.4 is 5.32 Å². The minimum Gasteiger partial charge on any atom is -0.452 e. The molecule has 0 aromatic carbocycles. The topological polar surface area (TPSA) is 106 Å². The van der Waals surface area contributed by atoms with Gasteiger partial charge in [0.25, 0.3) is 5.91 Å². The van der Waals surface area contributed by atoms with Gasteiger partial charge in [0.1, 0.15) is 5.82 Å². The molecule has 1 saturated heterocycles. The van der Waals surface area contributed by atoms with E-state index in [9.17, 15) is 19.2 Å². The van der Waals surface area contributed by atoms with Crippen LogP contribution >= 0.6 is 11.6 Å². The van der Waals surface area contributed by atoms with E-state index >= 15 is 0 Å². The van der Waals surface area contributed by atoms with Gasteiger partial charge in [0.15, 0.2) is 6.10 Å². The zero-order valence-corrected chi connectivity index (χ0v) is 16.0. The van der Waals surface area contributed by atoms with Crippen molar-refractivity contribution in [1.82, 2.24) is 9.88 Å². The summed E-state index contributed by atoms with van der Waals surface area (Å²) in [6.45, 7) is 1.38. The minimum absolute atomic E-state index is 0.0451. The number of carbonyl (C=O) groups excluding carboxylic acids is 4. The summed E-state index contributed by atoms with van der Waals surface area (Å²) < 4.78 is 5.09. The molecule has 0 bridgehead atoms. The lowest BCUT2D eigenvalue weighted by molar-refractivity contribution is -0.154. The molecule has 1 aromatic heterocycles. The van der Waals surface area contributed by atoms with Gasteiger partial charge in [-0.1, -0.05) is 23.8 Å². The van der Waals surface area contributed by atoms with Crippen molar-refractivity contribution in [3.63, 3.8) is 0 Å². The highest BCUT2D eigenvalue weighted by atomic mass is 35.5. The van der Waals surface area contributed by atoms with Crippen molar-refractivity contribution in [2.24, 2.45) is 11.8 Å². The Bertz CT molecular complexity index is 797. The Labute approximate surface area is 166 Å². The molecule has 148 valence electrons. The van der Waals surface area contributed by atoms with Crippen molar-refractivity contribution < 1.29 is 23.9 Å². The molecule has 1 aromatic rings. The van der Waals surface area contributed by atoms with Gasteiger partial charge in [-0.2, -0.15) is 0 Å². The number of rotatable bonds is 6. The number of aromatic nitrogens is 1. The van der Waals surface area contributed by atoms with E-state index in [0.29, 0.717) is 17.9 Å². The summed E-state index contributed by atoms with van der Waals surface area (Å²) >= 11 is 5.73. The molecule has 3 amide bonds. The number of nitrogens with zero attached hydrogens (tertiary/aromatic N) is 2. The Balaban J connectivity index is 1.47. The van der Waals surface area contributed by atoms with Crippen molar-refractivity contribution in [2.75, 3.05) is 11.9 Å². The maximum Gasteiger partial charge on any atom is 0.308 e. The SMILES string of the molecule is C[C@@H](OC(=O)CCN1C(=O)[C@H]2CC=CC[C@H]2C1=O)C(=O)Nc1ccc(Cl)cn1. The molecule has 3 rings (SSSR count). The molecule has 3 atom stereocenters. The van der Waals surface area contributed by atoms with Gasteiger partial charge in [-0.25, -0.2) is 4.98 Å². The van der Waals surface area contributed by atoms with Crippen LogP contribution in [-0.4, -0.2) is 46.2 Å². The number of nitrogens with one attached hydrogen (secondary N) is 1. The summed E-state index contributed by atoms with van der Waals surface area (Å²) in [6.07, 6.45) is 5.06. The van der Waals surface area contributed by atoms with E-state index in [0.717, 1.165) is 4.90 Å². The van der Waals surface area contributed by atoms with Crippen LogP contribution in [-0.2, 0) is 23.9 Å². The van der Waals surface area contributed by atoms with Crippen LogP contribution in [0, 0.1) is 11.8 Å². The van der Waals surface area contributed by atoms with Gasteiger partial charge in [0.2, 0.25) is 11.8 Å². The lowest BCUT2D eigenvalue weighted by Crippen LogP contribution is -2.35. The van der Waals surface area contributed by atoms with E-state index in [1.807, 2.05) is 12.2 Å². The Morgan fingerprint density at radius 3 is 2.46 bits per heavy atom. The van der Waals surface area contributed by atoms with E-state index < -0.39 is 18.0 Å². The molecule has 0 unspecified atom stereocenters. The highest BCUT2D eigenvalue weighted by Crippen LogP contribution is 2.35. The molecule has 8 nitrogen and oxygen atoms in total. The van der Waals surface area contributed by atoms with Crippen LogP contribution in [0.4, 0.5) is 5.82 Å². The molecule has 0 radical (unpaired) electrons. The molecule has 9 heteroatoms. The van der Waals surface area contributed by atoms with E-state index in [-0.39, 0.29) is 42.4 Å². The third-order valence-electron chi connectivity index (χ3n) is 4.79. The fourth-order valence-electron chi connectivity index (χ4n) is 3.28. The fraction of sp³-hybridized carbons (Fsp3) is 0.421. The van der Waals surface area contributed by atoms with Crippen LogP contribution in [0.3, 0.4) is 0 Å². The zero-order valence-electron chi connectivity index (χ0n) is 15.3. The summed E-state index contributed by atoms with van der Waals surface area (Å²) in [5, 5.41) is 2.94. The number of hydrogen-bond donors (Lipinski definition) is 1. The van der Waals surface area contributed by atoms with Gasteiger partial charge in [-0.05, 0) is 31.9 Å². The molecule has 1 aliphatic heterocycles. The summed E-state index contributed by atoms with van der Waals surface area (Å²) in [4.78, 5) is 53.9. The highest BCUT2D eigenvalue weighted by Gasteiger charge is 2.47. The average Bonchev–Trinajstić information content (AvgIpc) is 2.92. The number of fused-ring (bicyclic) bond motifs is 1. The fourth-order valence-corrected chi connectivity index (χ4v) is 3.39. The smallest absolute Gasteiger partial charge is 0.308 e. The first-order chi connectivity index (χ1) is 13.4. The first-order valence-corrected chi connectivity index (χ1v) is 9.36. The molecule has 0 spiro atoms. The third-order valence-corrected chi connectivity index (χ3v) is 5.02. The molecular formula is C19H20ClN3O5. The van der Waals surface area contributed by atoms with E-state index in [2.05, 4.69) is 10.3 Å². The van der Waals surface area contributed by atoms with Gasteiger partial charge in [0.05, 0.1) is 23.3 Å². The van der Waals surface area contributed by atoms with E-state index in [4.69, 9.17) is 16.3 Å². The highest BCUT2D eigenvalue weighted by molar-refractivity contribution is 6.30. The van der Waals surface area contributed by atoms with Gasteiger partial charge >= 0.3 is 5.97 Å². The maximum absolute atomic E-state index is 12.4. The number of pyridine rings is 1. The number of esters is 1. The number of imide groups is 1. The number of halogens is 1. The van der Waals surface area contributed by atoms with Crippen molar-refractivity contribution in [1.29, 1.82) is 0 Å².